The van der Waals surface area contributed by atoms with Crippen molar-refractivity contribution < 1.29 is 4.39 Å². The molecule has 0 N–H and O–H groups in total. The summed E-state index contributed by atoms with van der Waals surface area (Å²) >= 11 is 0. The van der Waals surface area contributed by atoms with E-state index in [0.29, 0.717) is 12.0 Å². The van der Waals surface area contributed by atoms with Crippen molar-refractivity contribution in [2.24, 2.45) is 17.8 Å². The van der Waals surface area contributed by atoms with Crippen molar-refractivity contribution in [2.75, 3.05) is 33.2 Å². The van der Waals surface area contributed by atoms with Crippen molar-refractivity contribution >= 4 is 0 Å². The van der Waals surface area contributed by atoms with Crippen LogP contribution in [0.1, 0.15) is 30.9 Å². The molecule has 21 heavy (non-hydrogen) atoms. The fraction of sp³-hybridized carbons (Fsp3) is 0.667. The molecule has 4 rings (SSSR count). The van der Waals surface area contributed by atoms with E-state index in [1.165, 1.54) is 38.9 Å². The maximum absolute atomic E-state index is 13.6. The smallest absolute Gasteiger partial charge is 0.123 e. The summed E-state index contributed by atoms with van der Waals surface area (Å²) in [6.45, 7) is 4.91. The van der Waals surface area contributed by atoms with Crippen LogP contribution in [0.5, 0.6) is 0 Å². The van der Waals surface area contributed by atoms with Gasteiger partial charge in [-0.15, -0.1) is 0 Å². The molecule has 2 nitrogen and oxygen atoms in total. The third-order valence-corrected chi connectivity index (χ3v) is 5.90. The molecule has 3 atom stereocenters. The molecule has 2 heterocycles. The van der Waals surface area contributed by atoms with Gasteiger partial charge in [0.05, 0.1) is 0 Å². The lowest BCUT2D eigenvalue weighted by Crippen LogP contribution is -2.34. The number of hydrogen-bond donors (Lipinski definition) is 0. The second-order valence-corrected chi connectivity index (χ2v) is 7.38. The van der Waals surface area contributed by atoms with E-state index in [1.807, 2.05) is 6.07 Å². The Labute approximate surface area is 126 Å². The molecule has 0 aromatic heterocycles. The molecular weight excluding hydrogens is 263 g/mol. The van der Waals surface area contributed by atoms with Gasteiger partial charge >= 0.3 is 0 Å². The summed E-state index contributed by atoms with van der Waals surface area (Å²) in [5, 5.41) is 0. The van der Waals surface area contributed by atoms with Gasteiger partial charge in [0.2, 0.25) is 0 Å². The molecule has 0 unspecified atom stereocenters. The van der Waals surface area contributed by atoms with Crippen molar-refractivity contribution in [3.8, 4) is 0 Å². The highest BCUT2D eigenvalue weighted by atomic mass is 19.1. The van der Waals surface area contributed by atoms with Crippen LogP contribution in [0, 0.1) is 23.6 Å². The van der Waals surface area contributed by atoms with Crippen LogP contribution in [0.25, 0.3) is 0 Å². The number of nitrogens with zero attached hydrogens (tertiary/aromatic N) is 2. The average Bonchev–Trinajstić information content (AvgIpc) is 2.89. The van der Waals surface area contributed by atoms with E-state index < -0.39 is 0 Å². The second kappa shape index (κ2) is 5.36. The molecule has 3 fully saturated rings. The largest absolute Gasteiger partial charge is 0.302 e. The summed E-state index contributed by atoms with van der Waals surface area (Å²) in [6.07, 6.45) is 4.29. The molecular formula is C18H25FN2. The number of likely N-dealkylation sites (tertiary alicyclic amines) is 2. The lowest BCUT2D eigenvalue weighted by Gasteiger charge is -2.32. The van der Waals surface area contributed by atoms with E-state index in [2.05, 4.69) is 22.9 Å². The van der Waals surface area contributed by atoms with Gasteiger partial charge in [-0.2, -0.15) is 0 Å². The molecule has 3 aliphatic rings. The Balaban J connectivity index is 1.49. The predicted octanol–water partition coefficient (Wildman–Crippen LogP) is 3.16. The molecule has 0 amide bonds. The third-order valence-electron chi connectivity index (χ3n) is 5.90. The standard InChI is InChI=1S/C18H25FN2/c1-20-10-15-11-21(9-13-4-2-5-13)12-17(15)18(20)14-6-3-7-16(19)8-14/h3,6-8,13,15,17-18H,2,4-5,9-12H2,1H3/t15-,17+,18-/m0/s1. The summed E-state index contributed by atoms with van der Waals surface area (Å²) in [7, 11) is 2.20. The van der Waals surface area contributed by atoms with Gasteiger partial charge in [0, 0.05) is 32.2 Å². The van der Waals surface area contributed by atoms with Crippen LogP contribution < -0.4 is 0 Å². The Morgan fingerprint density at radius 2 is 2.05 bits per heavy atom. The summed E-state index contributed by atoms with van der Waals surface area (Å²) in [4.78, 5) is 5.11. The Morgan fingerprint density at radius 3 is 2.76 bits per heavy atom. The predicted molar refractivity (Wildman–Crippen MR) is 82.5 cm³/mol. The zero-order valence-electron chi connectivity index (χ0n) is 12.8. The highest BCUT2D eigenvalue weighted by Gasteiger charge is 2.46. The molecule has 0 radical (unpaired) electrons. The Bertz CT molecular complexity index is 514. The van der Waals surface area contributed by atoms with Crippen molar-refractivity contribution in [3.05, 3.63) is 35.6 Å². The van der Waals surface area contributed by atoms with E-state index in [9.17, 15) is 4.39 Å². The van der Waals surface area contributed by atoms with Crippen LogP contribution in [0.3, 0.4) is 0 Å². The van der Waals surface area contributed by atoms with Crippen molar-refractivity contribution in [1.29, 1.82) is 0 Å². The first-order valence-corrected chi connectivity index (χ1v) is 8.39. The van der Waals surface area contributed by atoms with Crippen molar-refractivity contribution in [3.63, 3.8) is 0 Å². The molecule has 114 valence electrons. The summed E-state index contributed by atoms with van der Waals surface area (Å²) in [6, 6.07) is 7.64. The van der Waals surface area contributed by atoms with Gasteiger partial charge in [-0.05, 0) is 55.3 Å². The Morgan fingerprint density at radius 1 is 1.19 bits per heavy atom. The molecule has 1 aliphatic carbocycles. The van der Waals surface area contributed by atoms with E-state index in [1.54, 1.807) is 12.1 Å². The third kappa shape index (κ3) is 2.51. The molecule has 2 aliphatic heterocycles. The lowest BCUT2D eigenvalue weighted by atomic mass is 9.85. The van der Waals surface area contributed by atoms with Crippen molar-refractivity contribution in [1.82, 2.24) is 9.80 Å². The minimum atomic E-state index is -0.103. The van der Waals surface area contributed by atoms with Gasteiger partial charge in [0.1, 0.15) is 5.82 Å². The SMILES string of the molecule is CN1C[C@H]2CN(CC3CCC3)C[C@H]2[C@@H]1c1cccc(F)c1. The van der Waals surface area contributed by atoms with Gasteiger partial charge in [-0.1, -0.05) is 18.6 Å². The fourth-order valence-electron chi connectivity index (χ4n) is 4.73. The minimum Gasteiger partial charge on any atom is -0.302 e. The minimum absolute atomic E-state index is 0.103. The summed E-state index contributed by atoms with van der Waals surface area (Å²) in [5.74, 6) is 2.29. The monoisotopic (exact) mass is 288 g/mol. The van der Waals surface area contributed by atoms with Gasteiger partial charge in [-0.25, -0.2) is 4.39 Å². The summed E-state index contributed by atoms with van der Waals surface area (Å²) in [5.41, 5.74) is 1.16. The highest BCUT2D eigenvalue weighted by Crippen LogP contribution is 2.44. The van der Waals surface area contributed by atoms with E-state index in [4.69, 9.17) is 0 Å². The summed E-state index contributed by atoms with van der Waals surface area (Å²) < 4.78 is 13.6. The topological polar surface area (TPSA) is 6.48 Å². The normalized spacial score (nSPS) is 34.1. The highest BCUT2D eigenvalue weighted by molar-refractivity contribution is 5.23. The first-order valence-electron chi connectivity index (χ1n) is 8.39. The molecule has 0 bridgehead atoms. The van der Waals surface area contributed by atoms with Crippen LogP contribution in [0.15, 0.2) is 24.3 Å². The number of rotatable bonds is 3. The number of halogens is 1. The molecule has 3 heteroatoms. The Hall–Kier alpha value is -0.930. The van der Waals surface area contributed by atoms with Crippen molar-refractivity contribution in [2.45, 2.75) is 25.3 Å². The van der Waals surface area contributed by atoms with Gasteiger partial charge in [-0.3, -0.25) is 4.90 Å². The average molecular weight is 288 g/mol. The zero-order valence-corrected chi connectivity index (χ0v) is 12.8. The Kier molecular flexibility index (Phi) is 3.50. The van der Waals surface area contributed by atoms with Crippen LogP contribution in [-0.4, -0.2) is 43.0 Å². The van der Waals surface area contributed by atoms with E-state index in [-0.39, 0.29) is 5.82 Å². The molecule has 0 spiro atoms. The van der Waals surface area contributed by atoms with Crippen LogP contribution in [0.2, 0.25) is 0 Å². The second-order valence-electron chi connectivity index (χ2n) is 7.38. The first-order chi connectivity index (χ1) is 10.2. The van der Waals surface area contributed by atoms with Crippen LogP contribution in [0.4, 0.5) is 4.39 Å². The maximum atomic E-state index is 13.6. The molecule has 1 aromatic carbocycles. The fourth-order valence-corrected chi connectivity index (χ4v) is 4.73. The number of fused-ring (bicyclic) bond motifs is 1. The quantitative estimate of drug-likeness (QED) is 0.843. The molecule has 2 saturated heterocycles. The van der Waals surface area contributed by atoms with Crippen LogP contribution in [-0.2, 0) is 0 Å². The van der Waals surface area contributed by atoms with Gasteiger partial charge < -0.3 is 4.90 Å². The van der Waals surface area contributed by atoms with Gasteiger partial charge in [0.25, 0.3) is 0 Å². The van der Waals surface area contributed by atoms with E-state index >= 15 is 0 Å². The molecule has 1 saturated carbocycles. The number of benzene rings is 1. The van der Waals surface area contributed by atoms with E-state index in [0.717, 1.165) is 23.9 Å². The maximum Gasteiger partial charge on any atom is 0.123 e. The zero-order chi connectivity index (χ0) is 14.4. The lowest BCUT2D eigenvalue weighted by molar-refractivity contribution is 0.175. The first kappa shape index (κ1) is 13.7. The number of hydrogen-bond acceptors (Lipinski definition) is 2. The van der Waals surface area contributed by atoms with Gasteiger partial charge in [0.15, 0.2) is 0 Å². The molecule has 1 aromatic rings. The van der Waals surface area contributed by atoms with Crippen LogP contribution >= 0.6 is 0 Å².